The van der Waals surface area contributed by atoms with Gasteiger partial charge in [0.1, 0.15) is 0 Å². The fourth-order valence-electron chi connectivity index (χ4n) is 4.08. The van der Waals surface area contributed by atoms with Crippen LogP contribution in [0.25, 0.3) is 0 Å². The molecule has 2 fully saturated rings. The van der Waals surface area contributed by atoms with Gasteiger partial charge in [0.2, 0.25) is 0 Å². The summed E-state index contributed by atoms with van der Waals surface area (Å²) in [6, 6.07) is 1.40. The van der Waals surface area contributed by atoms with Crippen LogP contribution in [0.1, 0.15) is 52.9 Å². The van der Waals surface area contributed by atoms with E-state index >= 15 is 0 Å². The van der Waals surface area contributed by atoms with Crippen LogP contribution in [0, 0.1) is 5.92 Å². The van der Waals surface area contributed by atoms with Gasteiger partial charge in [-0.05, 0) is 58.0 Å². The standard InChI is InChI=1S/C15H30N2O/c1-4-16-15(11-18)7-5-14(10-15)17-8-6-12(2)9-13(17)3/h12-14,16,18H,4-11H2,1-3H3. The first-order chi connectivity index (χ1) is 8.60. The molecule has 1 aliphatic heterocycles. The molecule has 3 nitrogen and oxygen atoms in total. The molecule has 4 atom stereocenters. The van der Waals surface area contributed by atoms with Crippen LogP contribution in [-0.4, -0.2) is 47.3 Å². The Morgan fingerprint density at radius 3 is 2.72 bits per heavy atom. The van der Waals surface area contributed by atoms with Crippen LogP contribution < -0.4 is 5.32 Å². The molecule has 0 aromatic rings. The first-order valence-corrected chi connectivity index (χ1v) is 7.72. The molecule has 0 radical (unpaired) electrons. The highest BCUT2D eigenvalue weighted by atomic mass is 16.3. The molecule has 1 heterocycles. The maximum Gasteiger partial charge on any atom is 0.0613 e. The summed E-state index contributed by atoms with van der Waals surface area (Å²) >= 11 is 0. The second kappa shape index (κ2) is 5.89. The van der Waals surface area contributed by atoms with Crippen molar-refractivity contribution in [2.75, 3.05) is 19.7 Å². The van der Waals surface area contributed by atoms with E-state index in [1.807, 2.05) is 0 Å². The van der Waals surface area contributed by atoms with E-state index in [1.54, 1.807) is 0 Å². The minimum atomic E-state index is 0.00218. The third-order valence-corrected chi connectivity index (χ3v) is 5.10. The first kappa shape index (κ1) is 14.3. The molecule has 2 rings (SSSR count). The number of aliphatic hydroxyl groups excluding tert-OH is 1. The fourth-order valence-corrected chi connectivity index (χ4v) is 4.08. The van der Waals surface area contributed by atoms with E-state index in [4.69, 9.17) is 0 Å². The Labute approximate surface area is 112 Å². The van der Waals surface area contributed by atoms with Crippen molar-refractivity contribution in [2.45, 2.75) is 70.5 Å². The van der Waals surface area contributed by atoms with Crippen molar-refractivity contribution in [1.82, 2.24) is 10.2 Å². The van der Waals surface area contributed by atoms with Gasteiger partial charge in [-0.15, -0.1) is 0 Å². The van der Waals surface area contributed by atoms with Crippen molar-refractivity contribution < 1.29 is 5.11 Å². The summed E-state index contributed by atoms with van der Waals surface area (Å²) in [5.74, 6) is 0.883. The van der Waals surface area contributed by atoms with Crippen LogP contribution >= 0.6 is 0 Å². The second-order valence-corrected chi connectivity index (χ2v) is 6.58. The molecule has 0 bridgehead atoms. The Morgan fingerprint density at radius 2 is 2.11 bits per heavy atom. The zero-order valence-corrected chi connectivity index (χ0v) is 12.3. The molecule has 3 heteroatoms. The monoisotopic (exact) mass is 254 g/mol. The van der Waals surface area contributed by atoms with Crippen molar-refractivity contribution in [3.8, 4) is 0 Å². The van der Waals surface area contributed by atoms with E-state index in [2.05, 4.69) is 31.0 Å². The van der Waals surface area contributed by atoms with Crippen LogP contribution in [0.3, 0.4) is 0 Å². The molecule has 0 spiro atoms. The molecule has 18 heavy (non-hydrogen) atoms. The van der Waals surface area contributed by atoms with E-state index in [0.717, 1.165) is 31.3 Å². The number of aliphatic hydroxyl groups is 1. The average molecular weight is 254 g/mol. The van der Waals surface area contributed by atoms with Gasteiger partial charge in [0, 0.05) is 17.6 Å². The predicted octanol–water partition coefficient (Wildman–Crippen LogP) is 2.00. The molecule has 2 aliphatic rings. The van der Waals surface area contributed by atoms with Crippen molar-refractivity contribution in [3.63, 3.8) is 0 Å². The summed E-state index contributed by atoms with van der Waals surface area (Å²) in [5, 5.41) is 13.2. The van der Waals surface area contributed by atoms with Crippen LogP contribution in [0.2, 0.25) is 0 Å². The van der Waals surface area contributed by atoms with E-state index in [9.17, 15) is 5.11 Å². The minimum Gasteiger partial charge on any atom is -0.394 e. The highest BCUT2D eigenvalue weighted by Gasteiger charge is 2.42. The molecule has 4 unspecified atom stereocenters. The SMILES string of the molecule is CCNC1(CO)CCC(N2CCC(C)CC2C)C1. The Balaban J connectivity index is 1.95. The lowest BCUT2D eigenvalue weighted by Crippen LogP contribution is -2.50. The van der Waals surface area contributed by atoms with E-state index in [1.165, 1.54) is 25.8 Å². The van der Waals surface area contributed by atoms with Crippen LogP contribution in [0.15, 0.2) is 0 Å². The van der Waals surface area contributed by atoms with Gasteiger partial charge in [0.05, 0.1) is 6.61 Å². The molecule has 0 aromatic heterocycles. The van der Waals surface area contributed by atoms with E-state index in [-0.39, 0.29) is 12.1 Å². The number of nitrogens with one attached hydrogen (secondary N) is 1. The third-order valence-electron chi connectivity index (χ3n) is 5.10. The van der Waals surface area contributed by atoms with Gasteiger partial charge in [0.25, 0.3) is 0 Å². The lowest BCUT2D eigenvalue weighted by molar-refractivity contribution is 0.0745. The lowest BCUT2D eigenvalue weighted by Gasteiger charge is -2.41. The van der Waals surface area contributed by atoms with Crippen molar-refractivity contribution >= 4 is 0 Å². The number of hydrogen-bond acceptors (Lipinski definition) is 3. The average Bonchev–Trinajstić information content (AvgIpc) is 2.74. The Hall–Kier alpha value is -0.120. The minimum absolute atomic E-state index is 0.00218. The van der Waals surface area contributed by atoms with E-state index in [0.29, 0.717) is 6.04 Å². The molecule has 2 N–H and O–H groups in total. The van der Waals surface area contributed by atoms with Crippen LogP contribution in [0.4, 0.5) is 0 Å². The first-order valence-electron chi connectivity index (χ1n) is 7.72. The molecular weight excluding hydrogens is 224 g/mol. The molecule has 1 saturated carbocycles. The van der Waals surface area contributed by atoms with Crippen LogP contribution in [0.5, 0.6) is 0 Å². The Bertz CT molecular complexity index is 271. The number of piperidine rings is 1. The van der Waals surface area contributed by atoms with Gasteiger partial charge in [-0.2, -0.15) is 0 Å². The zero-order valence-electron chi connectivity index (χ0n) is 12.3. The lowest BCUT2D eigenvalue weighted by atomic mass is 9.91. The summed E-state index contributed by atoms with van der Waals surface area (Å²) in [4.78, 5) is 2.70. The van der Waals surface area contributed by atoms with Gasteiger partial charge < -0.3 is 10.4 Å². The molecule has 106 valence electrons. The van der Waals surface area contributed by atoms with Crippen molar-refractivity contribution in [2.24, 2.45) is 5.92 Å². The second-order valence-electron chi connectivity index (χ2n) is 6.58. The number of rotatable bonds is 4. The summed E-state index contributed by atoms with van der Waals surface area (Å²) in [7, 11) is 0. The summed E-state index contributed by atoms with van der Waals surface area (Å²) in [6.45, 7) is 9.38. The molecule has 0 amide bonds. The van der Waals surface area contributed by atoms with Crippen LogP contribution in [-0.2, 0) is 0 Å². The summed E-state index contributed by atoms with van der Waals surface area (Å²) in [6.07, 6.45) is 6.17. The van der Waals surface area contributed by atoms with E-state index < -0.39 is 0 Å². The quantitative estimate of drug-likeness (QED) is 0.805. The van der Waals surface area contributed by atoms with Gasteiger partial charge in [-0.25, -0.2) is 0 Å². The normalized spacial score (nSPS) is 42.3. The third kappa shape index (κ3) is 2.89. The van der Waals surface area contributed by atoms with Crippen molar-refractivity contribution in [1.29, 1.82) is 0 Å². The molecule has 0 aromatic carbocycles. The number of hydrogen-bond donors (Lipinski definition) is 2. The molecule has 1 aliphatic carbocycles. The Morgan fingerprint density at radius 1 is 1.33 bits per heavy atom. The smallest absolute Gasteiger partial charge is 0.0613 e. The Kier molecular flexibility index (Phi) is 4.68. The maximum atomic E-state index is 9.69. The molecular formula is C15H30N2O. The number of likely N-dealkylation sites (N-methyl/N-ethyl adjacent to an activating group) is 1. The highest BCUT2D eigenvalue weighted by Crippen LogP contribution is 2.36. The maximum absolute atomic E-state index is 9.69. The summed E-state index contributed by atoms with van der Waals surface area (Å²) in [5.41, 5.74) is 0.00218. The summed E-state index contributed by atoms with van der Waals surface area (Å²) < 4.78 is 0. The number of likely N-dealkylation sites (tertiary alicyclic amines) is 1. The van der Waals surface area contributed by atoms with Gasteiger partial charge in [-0.1, -0.05) is 13.8 Å². The fraction of sp³-hybridized carbons (Fsp3) is 1.00. The predicted molar refractivity (Wildman–Crippen MR) is 75.7 cm³/mol. The highest BCUT2D eigenvalue weighted by molar-refractivity contribution is 5.00. The number of nitrogens with zero attached hydrogens (tertiary/aromatic N) is 1. The molecule has 1 saturated heterocycles. The van der Waals surface area contributed by atoms with Gasteiger partial charge in [-0.3, -0.25) is 4.90 Å². The van der Waals surface area contributed by atoms with Crippen molar-refractivity contribution in [3.05, 3.63) is 0 Å². The zero-order chi connectivity index (χ0) is 13.2. The van der Waals surface area contributed by atoms with Gasteiger partial charge >= 0.3 is 0 Å². The largest absolute Gasteiger partial charge is 0.394 e. The van der Waals surface area contributed by atoms with Gasteiger partial charge in [0.15, 0.2) is 0 Å². The topological polar surface area (TPSA) is 35.5 Å².